The second-order valence-corrected chi connectivity index (χ2v) is 5.93. The SMILES string of the molecule is COc1cccc2ncnc(N3CCOc4ccc(C)cc4C3)c12. The first-order chi connectivity index (χ1) is 11.8. The lowest BCUT2D eigenvalue weighted by atomic mass is 10.1. The van der Waals surface area contributed by atoms with E-state index in [0.717, 1.165) is 41.3 Å². The van der Waals surface area contributed by atoms with Crippen molar-refractivity contribution in [1.82, 2.24) is 9.97 Å². The average Bonchev–Trinajstić information content (AvgIpc) is 2.82. The predicted octanol–water partition coefficient (Wildman–Crippen LogP) is 3.35. The molecule has 0 aliphatic carbocycles. The van der Waals surface area contributed by atoms with Crippen LogP contribution >= 0.6 is 0 Å². The summed E-state index contributed by atoms with van der Waals surface area (Å²) in [5, 5.41) is 0.943. The number of rotatable bonds is 2. The average molecular weight is 321 g/mol. The van der Waals surface area contributed by atoms with E-state index in [1.165, 1.54) is 11.1 Å². The Bertz CT molecular complexity index is 890. The van der Waals surface area contributed by atoms with Gasteiger partial charge < -0.3 is 14.4 Å². The van der Waals surface area contributed by atoms with Crippen LogP contribution in [0.4, 0.5) is 5.82 Å². The number of methoxy groups -OCH3 is 1. The molecule has 4 rings (SSSR count). The molecule has 2 heterocycles. The Balaban J connectivity index is 1.83. The van der Waals surface area contributed by atoms with Crippen LogP contribution in [0.5, 0.6) is 11.5 Å². The minimum atomic E-state index is 0.622. The molecule has 0 spiro atoms. The number of aromatic nitrogens is 2. The zero-order valence-corrected chi connectivity index (χ0v) is 13.8. The molecule has 0 saturated heterocycles. The third-order valence-electron chi connectivity index (χ3n) is 4.32. The summed E-state index contributed by atoms with van der Waals surface area (Å²) in [4.78, 5) is 11.2. The lowest BCUT2D eigenvalue weighted by Gasteiger charge is -2.23. The normalized spacial score (nSPS) is 14.0. The molecule has 3 aromatic rings. The van der Waals surface area contributed by atoms with Crippen LogP contribution in [0.1, 0.15) is 11.1 Å². The quantitative estimate of drug-likeness (QED) is 0.724. The van der Waals surface area contributed by atoms with Crippen molar-refractivity contribution in [3.05, 3.63) is 53.9 Å². The standard InChI is InChI=1S/C19H19N3O2/c1-13-6-7-16-14(10-13)11-22(8-9-24-16)19-18-15(20-12-21-19)4-3-5-17(18)23-2/h3-7,10,12H,8-9,11H2,1-2H3. The first-order valence-electron chi connectivity index (χ1n) is 8.01. The van der Waals surface area contributed by atoms with Crippen molar-refractivity contribution in [2.24, 2.45) is 0 Å². The summed E-state index contributed by atoms with van der Waals surface area (Å²) in [5.74, 6) is 2.63. The van der Waals surface area contributed by atoms with Gasteiger partial charge in [-0.05, 0) is 25.1 Å². The van der Waals surface area contributed by atoms with Crippen molar-refractivity contribution >= 4 is 16.7 Å². The van der Waals surface area contributed by atoms with E-state index in [0.29, 0.717) is 6.61 Å². The lowest BCUT2D eigenvalue weighted by Crippen LogP contribution is -2.26. The molecule has 0 N–H and O–H groups in total. The summed E-state index contributed by atoms with van der Waals surface area (Å²) in [6, 6.07) is 12.2. The first-order valence-corrected chi connectivity index (χ1v) is 8.01. The number of anilines is 1. The molecule has 0 atom stereocenters. The van der Waals surface area contributed by atoms with Gasteiger partial charge in [0.05, 0.1) is 24.6 Å². The van der Waals surface area contributed by atoms with Gasteiger partial charge in [0.2, 0.25) is 0 Å². The van der Waals surface area contributed by atoms with E-state index < -0.39 is 0 Å². The van der Waals surface area contributed by atoms with Gasteiger partial charge in [0.25, 0.3) is 0 Å². The number of aryl methyl sites for hydroxylation is 1. The van der Waals surface area contributed by atoms with Crippen molar-refractivity contribution in [3.63, 3.8) is 0 Å². The summed E-state index contributed by atoms with van der Waals surface area (Å²) < 4.78 is 11.4. The Kier molecular flexibility index (Phi) is 3.69. The molecule has 0 radical (unpaired) electrons. The Morgan fingerprint density at radius 2 is 2.08 bits per heavy atom. The smallest absolute Gasteiger partial charge is 0.144 e. The van der Waals surface area contributed by atoms with E-state index in [1.807, 2.05) is 24.3 Å². The minimum absolute atomic E-state index is 0.622. The Morgan fingerprint density at radius 3 is 2.96 bits per heavy atom. The molecule has 0 amide bonds. The molecule has 2 aromatic carbocycles. The third kappa shape index (κ3) is 2.52. The van der Waals surface area contributed by atoms with E-state index in [4.69, 9.17) is 9.47 Å². The van der Waals surface area contributed by atoms with Crippen LogP contribution in [0.15, 0.2) is 42.7 Å². The van der Waals surface area contributed by atoms with Gasteiger partial charge in [-0.2, -0.15) is 0 Å². The van der Waals surface area contributed by atoms with Gasteiger partial charge >= 0.3 is 0 Å². The van der Waals surface area contributed by atoms with Crippen LogP contribution in [0.3, 0.4) is 0 Å². The highest BCUT2D eigenvalue weighted by Crippen LogP contribution is 2.34. The summed E-state index contributed by atoms with van der Waals surface area (Å²) in [5.41, 5.74) is 3.28. The highest BCUT2D eigenvalue weighted by atomic mass is 16.5. The fraction of sp³-hybridized carbons (Fsp3) is 0.263. The number of benzene rings is 2. The van der Waals surface area contributed by atoms with Crippen LogP contribution in [-0.4, -0.2) is 30.2 Å². The first kappa shape index (κ1) is 14.8. The van der Waals surface area contributed by atoms with Crippen molar-refractivity contribution in [1.29, 1.82) is 0 Å². The minimum Gasteiger partial charge on any atom is -0.496 e. The molecule has 0 fully saturated rings. The van der Waals surface area contributed by atoms with E-state index in [9.17, 15) is 0 Å². The maximum atomic E-state index is 5.91. The van der Waals surface area contributed by atoms with Crippen molar-refractivity contribution < 1.29 is 9.47 Å². The van der Waals surface area contributed by atoms with E-state index in [-0.39, 0.29) is 0 Å². The predicted molar refractivity (Wildman–Crippen MR) is 93.8 cm³/mol. The molecule has 122 valence electrons. The van der Waals surface area contributed by atoms with Crippen LogP contribution in [0.2, 0.25) is 0 Å². The second-order valence-electron chi connectivity index (χ2n) is 5.93. The van der Waals surface area contributed by atoms with E-state index in [1.54, 1.807) is 13.4 Å². The number of ether oxygens (including phenoxy) is 2. The van der Waals surface area contributed by atoms with Gasteiger partial charge in [-0.25, -0.2) is 9.97 Å². The second kappa shape index (κ2) is 6.00. The van der Waals surface area contributed by atoms with Gasteiger partial charge in [-0.3, -0.25) is 0 Å². The van der Waals surface area contributed by atoms with Crippen LogP contribution in [0, 0.1) is 6.92 Å². The Labute approximate surface area is 140 Å². The number of fused-ring (bicyclic) bond motifs is 2. The Hall–Kier alpha value is -2.82. The molecule has 1 aliphatic heterocycles. The maximum absolute atomic E-state index is 5.91. The summed E-state index contributed by atoms with van der Waals surface area (Å²) in [7, 11) is 1.68. The Morgan fingerprint density at radius 1 is 1.17 bits per heavy atom. The zero-order chi connectivity index (χ0) is 16.5. The molecule has 0 unspecified atom stereocenters. The fourth-order valence-electron chi connectivity index (χ4n) is 3.18. The van der Waals surface area contributed by atoms with Crippen LogP contribution in [0.25, 0.3) is 10.9 Å². The number of nitrogens with zero attached hydrogens (tertiary/aromatic N) is 3. The molecule has 5 heteroatoms. The third-order valence-corrected chi connectivity index (χ3v) is 4.32. The van der Waals surface area contributed by atoms with Crippen molar-refractivity contribution in [2.45, 2.75) is 13.5 Å². The van der Waals surface area contributed by atoms with Gasteiger partial charge in [-0.1, -0.05) is 23.8 Å². The van der Waals surface area contributed by atoms with Crippen LogP contribution in [-0.2, 0) is 6.54 Å². The molecule has 5 nitrogen and oxygen atoms in total. The summed E-state index contributed by atoms with van der Waals surface area (Å²) >= 11 is 0. The van der Waals surface area contributed by atoms with Gasteiger partial charge in [0, 0.05) is 12.1 Å². The number of hydrogen-bond acceptors (Lipinski definition) is 5. The van der Waals surface area contributed by atoms with Gasteiger partial charge in [0.15, 0.2) is 0 Å². The van der Waals surface area contributed by atoms with Crippen molar-refractivity contribution in [2.75, 3.05) is 25.2 Å². The molecule has 1 aromatic heterocycles. The monoisotopic (exact) mass is 321 g/mol. The van der Waals surface area contributed by atoms with E-state index in [2.05, 4.69) is 33.9 Å². The highest BCUT2D eigenvalue weighted by Gasteiger charge is 2.20. The van der Waals surface area contributed by atoms with E-state index >= 15 is 0 Å². The molecule has 0 saturated carbocycles. The number of hydrogen-bond donors (Lipinski definition) is 0. The summed E-state index contributed by atoms with van der Waals surface area (Å²) in [6.45, 7) is 4.23. The van der Waals surface area contributed by atoms with Crippen molar-refractivity contribution in [3.8, 4) is 11.5 Å². The van der Waals surface area contributed by atoms with Gasteiger partial charge in [-0.15, -0.1) is 0 Å². The molecule has 1 aliphatic rings. The maximum Gasteiger partial charge on any atom is 0.144 e. The highest BCUT2D eigenvalue weighted by molar-refractivity contribution is 5.94. The largest absolute Gasteiger partial charge is 0.496 e. The molecular formula is C19H19N3O2. The van der Waals surface area contributed by atoms with Gasteiger partial charge in [0.1, 0.15) is 30.3 Å². The molecule has 0 bridgehead atoms. The fourth-order valence-corrected chi connectivity index (χ4v) is 3.18. The molecule has 24 heavy (non-hydrogen) atoms. The zero-order valence-electron chi connectivity index (χ0n) is 13.8. The molecular weight excluding hydrogens is 302 g/mol. The van der Waals surface area contributed by atoms with Crippen LogP contribution < -0.4 is 14.4 Å². The lowest BCUT2D eigenvalue weighted by molar-refractivity contribution is 0.331. The summed E-state index contributed by atoms with van der Waals surface area (Å²) in [6.07, 6.45) is 1.61. The topological polar surface area (TPSA) is 47.5 Å².